The van der Waals surface area contributed by atoms with Gasteiger partial charge in [-0.3, -0.25) is 0 Å². The highest BCUT2D eigenvalue weighted by atomic mass is 32.1. The zero-order valence-electron chi connectivity index (χ0n) is 12.7. The Labute approximate surface area is 121 Å². The molecule has 1 aromatic rings. The Morgan fingerprint density at radius 3 is 2.74 bits per heavy atom. The van der Waals surface area contributed by atoms with Crippen LogP contribution in [0.4, 0.5) is 5.13 Å². The molecule has 0 aromatic carbocycles. The molecule has 0 bridgehead atoms. The zero-order chi connectivity index (χ0) is 13.9. The van der Waals surface area contributed by atoms with Crippen LogP contribution in [0.1, 0.15) is 52.1 Å². The van der Waals surface area contributed by atoms with Gasteiger partial charge in [-0.15, -0.1) is 11.3 Å². The maximum Gasteiger partial charge on any atom is 0.185 e. The van der Waals surface area contributed by atoms with Crippen molar-refractivity contribution >= 4 is 16.5 Å². The van der Waals surface area contributed by atoms with E-state index in [0.29, 0.717) is 11.5 Å². The summed E-state index contributed by atoms with van der Waals surface area (Å²) in [6.45, 7) is 8.80. The fourth-order valence-corrected chi connectivity index (χ4v) is 3.58. The molecule has 1 N–H and O–H groups in total. The van der Waals surface area contributed by atoms with E-state index < -0.39 is 0 Å². The predicted molar refractivity (Wildman–Crippen MR) is 83.9 cm³/mol. The Morgan fingerprint density at radius 1 is 1.42 bits per heavy atom. The normalized spacial score (nSPS) is 19.6. The maximum atomic E-state index is 4.74. The topological polar surface area (TPSA) is 28.2 Å². The van der Waals surface area contributed by atoms with Crippen molar-refractivity contribution < 1.29 is 0 Å². The lowest BCUT2D eigenvalue weighted by atomic mass is 9.75. The molecule has 19 heavy (non-hydrogen) atoms. The van der Waals surface area contributed by atoms with Crippen LogP contribution in [0.25, 0.3) is 0 Å². The van der Waals surface area contributed by atoms with Crippen molar-refractivity contribution in [3.05, 3.63) is 11.1 Å². The molecular formula is C15H27N3S. The van der Waals surface area contributed by atoms with Crippen LogP contribution < -0.4 is 10.2 Å². The van der Waals surface area contributed by atoms with E-state index in [1.807, 2.05) is 0 Å². The number of hydrogen-bond donors (Lipinski definition) is 1. The minimum atomic E-state index is 0.538. The Morgan fingerprint density at radius 2 is 2.11 bits per heavy atom. The second-order valence-corrected chi connectivity index (χ2v) is 7.24. The average molecular weight is 281 g/mol. The molecule has 4 heteroatoms. The Bertz CT molecular complexity index is 390. The van der Waals surface area contributed by atoms with Crippen molar-refractivity contribution in [1.29, 1.82) is 0 Å². The van der Waals surface area contributed by atoms with Crippen molar-refractivity contribution in [3.8, 4) is 0 Å². The van der Waals surface area contributed by atoms with Crippen molar-refractivity contribution in [1.82, 2.24) is 10.3 Å². The number of hydrogen-bond acceptors (Lipinski definition) is 4. The average Bonchev–Trinajstić information content (AvgIpc) is 2.84. The van der Waals surface area contributed by atoms with Gasteiger partial charge in [-0.05, 0) is 37.6 Å². The van der Waals surface area contributed by atoms with E-state index in [0.717, 1.165) is 13.1 Å². The summed E-state index contributed by atoms with van der Waals surface area (Å²) in [4.78, 5) is 7.14. The van der Waals surface area contributed by atoms with Gasteiger partial charge in [0.1, 0.15) is 0 Å². The van der Waals surface area contributed by atoms with Gasteiger partial charge in [-0.1, -0.05) is 20.8 Å². The number of nitrogens with zero attached hydrogens (tertiary/aromatic N) is 2. The third-order valence-corrected chi connectivity index (χ3v) is 5.23. The molecule has 3 nitrogen and oxygen atoms in total. The van der Waals surface area contributed by atoms with E-state index in [1.54, 1.807) is 11.3 Å². The first-order chi connectivity index (χ1) is 9.02. The zero-order valence-corrected chi connectivity index (χ0v) is 13.5. The smallest absolute Gasteiger partial charge is 0.185 e. The molecule has 0 radical (unpaired) electrons. The van der Waals surface area contributed by atoms with Crippen LogP contribution >= 0.6 is 11.3 Å². The third-order valence-electron chi connectivity index (χ3n) is 4.25. The molecule has 2 rings (SSSR count). The van der Waals surface area contributed by atoms with Crippen LogP contribution in [0.15, 0.2) is 5.38 Å². The Kier molecular flexibility index (Phi) is 4.85. The molecule has 1 aliphatic rings. The lowest BCUT2D eigenvalue weighted by Crippen LogP contribution is -2.37. The van der Waals surface area contributed by atoms with Gasteiger partial charge < -0.3 is 10.2 Å². The molecule has 0 aliphatic heterocycles. The second-order valence-electron chi connectivity index (χ2n) is 6.41. The van der Waals surface area contributed by atoms with E-state index >= 15 is 0 Å². The van der Waals surface area contributed by atoms with Gasteiger partial charge in [-0.25, -0.2) is 4.98 Å². The fourth-order valence-electron chi connectivity index (χ4n) is 2.72. The quantitative estimate of drug-likeness (QED) is 0.893. The summed E-state index contributed by atoms with van der Waals surface area (Å²) in [6, 6.07) is 0.672. The highest BCUT2D eigenvalue weighted by Crippen LogP contribution is 2.38. The van der Waals surface area contributed by atoms with Crippen molar-refractivity contribution in [2.75, 3.05) is 18.5 Å². The van der Waals surface area contributed by atoms with Gasteiger partial charge >= 0.3 is 0 Å². The van der Waals surface area contributed by atoms with Crippen LogP contribution in [0, 0.1) is 5.41 Å². The molecule has 1 saturated carbocycles. The summed E-state index contributed by atoms with van der Waals surface area (Å²) in [6.07, 6.45) is 5.26. The number of thiazole rings is 1. The van der Waals surface area contributed by atoms with Crippen LogP contribution in [0.5, 0.6) is 0 Å². The molecule has 0 unspecified atom stereocenters. The molecule has 1 fully saturated rings. The Hall–Kier alpha value is -0.610. The highest BCUT2D eigenvalue weighted by Gasteiger charge is 2.29. The molecule has 0 amide bonds. The maximum absolute atomic E-state index is 4.74. The van der Waals surface area contributed by atoms with Gasteiger partial charge in [0, 0.05) is 25.0 Å². The number of rotatable bonds is 5. The molecule has 1 heterocycles. The van der Waals surface area contributed by atoms with Gasteiger partial charge in [0.15, 0.2) is 5.13 Å². The molecule has 0 saturated heterocycles. The Balaban J connectivity index is 1.92. The summed E-state index contributed by atoms with van der Waals surface area (Å²) in [5, 5.41) is 6.69. The molecule has 0 spiro atoms. The van der Waals surface area contributed by atoms with Gasteiger partial charge in [0.25, 0.3) is 0 Å². The van der Waals surface area contributed by atoms with E-state index in [1.165, 1.54) is 36.5 Å². The summed E-state index contributed by atoms with van der Waals surface area (Å²) in [5.74, 6) is 0. The van der Waals surface area contributed by atoms with E-state index in [9.17, 15) is 0 Å². The summed E-state index contributed by atoms with van der Waals surface area (Å²) in [7, 11) is 2.21. The fraction of sp³-hybridized carbons (Fsp3) is 0.800. The summed E-state index contributed by atoms with van der Waals surface area (Å²) in [5.41, 5.74) is 1.71. The van der Waals surface area contributed by atoms with Crippen LogP contribution in [0.2, 0.25) is 0 Å². The number of nitrogens with one attached hydrogen (secondary N) is 1. The van der Waals surface area contributed by atoms with Crippen LogP contribution in [-0.4, -0.2) is 24.6 Å². The van der Waals surface area contributed by atoms with Crippen molar-refractivity contribution in [2.24, 2.45) is 5.41 Å². The largest absolute Gasteiger partial charge is 0.348 e. The molecule has 108 valence electrons. The van der Waals surface area contributed by atoms with E-state index in [4.69, 9.17) is 4.98 Å². The number of aromatic nitrogens is 1. The SMILES string of the molecule is CCNCc1csc(N(C)C2CCC(C)(C)CC2)n1. The van der Waals surface area contributed by atoms with E-state index in [-0.39, 0.29) is 0 Å². The van der Waals surface area contributed by atoms with Crippen molar-refractivity contribution in [3.63, 3.8) is 0 Å². The minimum absolute atomic E-state index is 0.538. The van der Waals surface area contributed by atoms with Crippen LogP contribution in [-0.2, 0) is 6.54 Å². The standard InChI is InChI=1S/C15H27N3S/c1-5-16-10-12-11-19-14(17-12)18(4)13-6-8-15(2,3)9-7-13/h11,13,16H,5-10H2,1-4H3. The van der Waals surface area contributed by atoms with Gasteiger partial charge in [0.2, 0.25) is 0 Å². The van der Waals surface area contributed by atoms with Crippen molar-refractivity contribution in [2.45, 2.75) is 59.0 Å². The number of anilines is 1. The summed E-state index contributed by atoms with van der Waals surface area (Å²) < 4.78 is 0. The monoisotopic (exact) mass is 281 g/mol. The lowest BCUT2D eigenvalue weighted by Gasteiger charge is -2.38. The molecular weight excluding hydrogens is 254 g/mol. The van der Waals surface area contributed by atoms with Gasteiger partial charge in [0.05, 0.1) is 5.69 Å². The molecule has 1 aliphatic carbocycles. The first kappa shape index (κ1) is 14.8. The molecule has 1 aromatic heterocycles. The third kappa shape index (κ3) is 3.93. The van der Waals surface area contributed by atoms with Crippen LogP contribution in [0.3, 0.4) is 0 Å². The predicted octanol–water partition coefficient (Wildman–Crippen LogP) is 3.66. The lowest BCUT2D eigenvalue weighted by molar-refractivity contribution is 0.222. The first-order valence-corrected chi connectivity index (χ1v) is 8.28. The molecule has 0 atom stereocenters. The second kappa shape index (κ2) is 6.23. The minimum Gasteiger partial charge on any atom is -0.348 e. The van der Waals surface area contributed by atoms with E-state index in [2.05, 4.69) is 43.4 Å². The first-order valence-electron chi connectivity index (χ1n) is 7.40. The van der Waals surface area contributed by atoms with Gasteiger partial charge in [-0.2, -0.15) is 0 Å². The summed E-state index contributed by atoms with van der Waals surface area (Å²) >= 11 is 1.78. The highest BCUT2D eigenvalue weighted by molar-refractivity contribution is 7.13.